The van der Waals surface area contributed by atoms with Gasteiger partial charge >= 0.3 is 0 Å². The summed E-state index contributed by atoms with van der Waals surface area (Å²) in [6.45, 7) is 0.183. The Morgan fingerprint density at radius 2 is 2.33 bits per heavy atom. The lowest BCUT2D eigenvalue weighted by molar-refractivity contribution is 0.0968. The lowest BCUT2D eigenvalue weighted by atomic mass is 10.1. The predicted octanol–water partition coefficient (Wildman–Crippen LogP) is 0.743. The zero-order valence-corrected chi connectivity index (χ0v) is 8.00. The number of pyridine rings is 1. The fourth-order valence-electron chi connectivity index (χ4n) is 1.26. The number of carbonyl (C=O) groups is 1. The molecule has 0 unspecified atom stereocenters. The molecule has 2 heterocycles. The second-order valence-electron chi connectivity index (χ2n) is 3.09. The monoisotopic (exact) mass is 202 g/mol. The normalized spacial score (nSPS) is 10.1. The van der Waals surface area contributed by atoms with Crippen LogP contribution in [0, 0.1) is 0 Å². The van der Waals surface area contributed by atoms with Gasteiger partial charge in [0.15, 0.2) is 5.78 Å². The van der Waals surface area contributed by atoms with E-state index in [1.165, 1.54) is 6.20 Å². The lowest BCUT2D eigenvalue weighted by Crippen LogP contribution is -2.12. The molecule has 0 aliphatic carbocycles. The first kappa shape index (κ1) is 9.39. The third kappa shape index (κ3) is 2.01. The van der Waals surface area contributed by atoms with Gasteiger partial charge in [-0.3, -0.25) is 14.5 Å². The second kappa shape index (κ2) is 3.91. The highest BCUT2D eigenvalue weighted by Gasteiger charge is 2.09. The number of anilines is 1. The van der Waals surface area contributed by atoms with Gasteiger partial charge in [-0.2, -0.15) is 5.10 Å². The van der Waals surface area contributed by atoms with E-state index in [9.17, 15) is 4.79 Å². The van der Waals surface area contributed by atoms with Crippen molar-refractivity contribution in [2.45, 2.75) is 6.54 Å². The van der Waals surface area contributed by atoms with E-state index in [2.05, 4.69) is 10.1 Å². The lowest BCUT2D eigenvalue weighted by Gasteiger charge is -2.03. The largest absolute Gasteiger partial charge is 0.398 e. The first-order chi connectivity index (χ1) is 7.27. The summed E-state index contributed by atoms with van der Waals surface area (Å²) in [4.78, 5) is 15.6. The fraction of sp³-hybridized carbons (Fsp3) is 0.100. The zero-order chi connectivity index (χ0) is 10.7. The molecule has 0 aliphatic rings. The molecule has 0 aliphatic heterocycles. The predicted molar refractivity (Wildman–Crippen MR) is 55.2 cm³/mol. The molecule has 2 rings (SSSR count). The average Bonchev–Trinajstić information content (AvgIpc) is 2.71. The van der Waals surface area contributed by atoms with E-state index in [4.69, 9.17) is 5.73 Å². The van der Waals surface area contributed by atoms with Crippen molar-refractivity contribution < 1.29 is 4.79 Å². The number of carbonyl (C=O) groups excluding carboxylic acids is 1. The molecule has 5 heteroatoms. The van der Waals surface area contributed by atoms with Gasteiger partial charge in [0.2, 0.25) is 0 Å². The molecule has 15 heavy (non-hydrogen) atoms. The summed E-state index contributed by atoms with van der Waals surface area (Å²) in [5, 5.41) is 3.95. The van der Waals surface area contributed by atoms with Crippen LogP contribution in [-0.2, 0) is 6.54 Å². The summed E-state index contributed by atoms with van der Waals surface area (Å²) in [6, 6.07) is 3.37. The maximum atomic E-state index is 11.8. The Labute approximate surface area is 86.5 Å². The molecule has 0 atom stereocenters. The number of hydrogen-bond acceptors (Lipinski definition) is 4. The van der Waals surface area contributed by atoms with Gasteiger partial charge in [-0.1, -0.05) is 0 Å². The van der Waals surface area contributed by atoms with Crippen molar-refractivity contribution in [3.05, 3.63) is 42.5 Å². The van der Waals surface area contributed by atoms with Crippen LogP contribution < -0.4 is 5.73 Å². The van der Waals surface area contributed by atoms with Crippen LogP contribution in [0.2, 0.25) is 0 Å². The van der Waals surface area contributed by atoms with Crippen LogP contribution >= 0.6 is 0 Å². The Bertz CT molecular complexity index is 464. The van der Waals surface area contributed by atoms with Gasteiger partial charge < -0.3 is 5.73 Å². The molecular formula is C10H10N4O. The molecule has 0 saturated heterocycles. The summed E-state index contributed by atoms with van der Waals surface area (Å²) in [7, 11) is 0. The van der Waals surface area contributed by atoms with Crippen molar-refractivity contribution in [1.82, 2.24) is 14.8 Å². The van der Waals surface area contributed by atoms with Gasteiger partial charge in [-0.15, -0.1) is 0 Å². The Hall–Kier alpha value is -2.17. The van der Waals surface area contributed by atoms with Gasteiger partial charge in [0.05, 0.1) is 5.56 Å². The minimum absolute atomic E-state index is 0.0932. The molecule has 0 aromatic carbocycles. The second-order valence-corrected chi connectivity index (χ2v) is 3.09. The number of nitrogen functional groups attached to an aromatic ring is 1. The van der Waals surface area contributed by atoms with Crippen LogP contribution in [0.1, 0.15) is 10.4 Å². The highest BCUT2D eigenvalue weighted by molar-refractivity contribution is 6.00. The molecule has 0 saturated carbocycles. The molecule has 0 amide bonds. The first-order valence-electron chi connectivity index (χ1n) is 4.47. The Morgan fingerprint density at radius 3 is 3.00 bits per heavy atom. The van der Waals surface area contributed by atoms with Crippen molar-refractivity contribution in [1.29, 1.82) is 0 Å². The average molecular weight is 202 g/mol. The molecule has 0 fully saturated rings. The smallest absolute Gasteiger partial charge is 0.187 e. The molecule has 0 spiro atoms. The van der Waals surface area contributed by atoms with Crippen molar-refractivity contribution in [2.75, 3.05) is 5.73 Å². The zero-order valence-electron chi connectivity index (χ0n) is 8.00. The van der Waals surface area contributed by atoms with Crippen LogP contribution in [0.3, 0.4) is 0 Å². The number of Topliss-reactive ketones (excluding diaryl/α,β-unsaturated/α-hetero) is 1. The molecule has 2 aromatic rings. The summed E-state index contributed by atoms with van der Waals surface area (Å²) in [5.41, 5.74) is 6.54. The molecule has 0 bridgehead atoms. The first-order valence-corrected chi connectivity index (χ1v) is 4.47. The van der Waals surface area contributed by atoms with Crippen LogP contribution in [0.5, 0.6) is 0 Å². The molecule has 76 valence electrons. The van der Waals surface area contributed by atoms with Crippen LogP contribution in [0.25, 0.3) is 0 Å². The minimum Gasteiger partial charge on any atom is -0.398 e. The van der Waals surface area contributed by atoms with Crippen molar-refractivity contribution in [3.63, 3.8) is 0 Å². The van der Waals surface area contributed by atoms with E-state index >= 15 is 0 Å². The number of aromatic nitrogens is 3. The van der Waals surface area contributed by atoms with Crippen LogP contribution in [-0.4, -0.2) is 20.5 Å². The van der Waals surface area contributed by atoms with E-state index in [-0.39, 0.29) is 12.3 Å². The van der Waals surface area contributed by atoms with Gasteiger partial charge in [0.25, 0.3) is 0 Å². The van der Waals surface area contributed by atoms with E-state index < -0.39 is 0 Å². The van der Waals surface area contributed by atoms with E-state index in [1.807, 2.05) is 0 Å². The third-order valence-corrected chi connectivity index (χ3v) is 2.02. The van der Waals surface area contributed by atoms with Crippen LogP contribution in [0.15, 0.2) is 36.9 Å². The van der Waals surface area contributed by atoms with Crippen LogP contribution in [0.4, 0.5) is 5.69 Å². The van der Waals surface area contributed by atoms with E-state index in [1.54, 1.807) is 35.4 Å². The van der Waals surface area contributed by atoms with Crippen molar-refractivity contribution >= 4 is 11.5 Å². The topological polar surface area (TPSA) is 73.8 Å². The molecule has 2 N–H and O–H groups in total. The Morgan fingerprint density at radius 1 is 1.47 bits per heavy atom. The number of nitrogens with zero attached hydrogens (tertiary/aromatic N) is 3. The van der Waals surface area contributed by atoms with Crippen molar-refractivity contribution in [3.8, 4) is 0 Å². The highest BCUT2D eigenvalue weighted by Crippen LogP contribution is 2.10. The molecule has 0 radical (unpaired) electrons. The van der Waals surface area contributed by atoms with Gasteiger partial charge in [-0.25, -0.2) is 0 Å². The summed E-state index contributed by atoms with van der Waals surface area (Å²) >= 11 is 0. The quantitative estimate of drug-likeness (QED) is 0.745. The van der Waals surface area contributed by atoms with Crippen molar-refractivity contribution in [2.24, 2.45) is 0 Å². The standard InChI is InChI=1S/C10H10N4O/c11-9-2-4-12-6-8(9)10(15)7-14-5-1-3-13-14/h1-6H,7H2,(H2,11,12). The summed E-state index contributed by atoms with van der Waals surface area (Å²) in [5.74, 6) is -0.0932. The van der Waals surface area contributed by atoms with Gasteiger partial charge in [-0.05, 0) is 12.1 Å². The number of rotatable bonds is 3. The number of hydrogen-bond donors (Lipinski definition) is 1. The highest BCUT2D eigenvalue weighted by atomic mass is 16.1. The fourth-order valence-corrected chi connectivity index (χ4v) is 1.26. The number of ketones is 1. The molecular weight excluding hydrogens is 192 g/mol. The Balaban J connectivity index is 2.19. The maximum Gasteiger partial charge on any atom is 0.187 e. The molecule has 5 nitrogen and oxygen atoms in total. The third-order valence-electron chi connectivity index (χ3n) is 2.02. The van der Waals surface area contributed by atoms with E-state index in [0.29, 0.717) is 11.3 Å². The SMILES string of the molecule is Nc1ccncc1C(=O)Cn1cccn1. The van der Waals surface area contributed by atoms with Gasteiger partial charge in [0.1, 0.15) is 6.54 Å². The van der Waals surface area contributed by atoms with E-state index in [0.717, 1.165) is 0 Å². The molecule has 2 aromatic heterocycles. The minimum atomic E-state index is -0.0932. The van der Waals surface area contributed by atoms with Gasteiger partial charge in [0, 0.05) is 30.5 Å². The maximum absolute atomic E-state index is 11.8. The summed E-state index contributed by atoms with van der Waals surface area (Å²) < 4.78 is 1.55. The Kier molecular flexibility index (Phi) is 2.45. The summed E-state index contributed by atoms with van der Waals surface area (Å²) in [6.07, 6.45) is 6.38. The number of nitrogens with two attached hydrogens (primary N) is 1.